The Morgan fingerprint density at radius 3 is 3.19 bits per heavy atom. The van der Waals surface area contributed by atoms with Crippen LogP contribution in [-0.4, -0.2) is 40.1 Å². The van der Waals surface area contributed by atoms with Crippen LogP contribution in [0.2, 0.25) is 0 Å². The second-order valence-electron chi connectivity index (χ2n) is 4.14. The zero-order chi connectivity index (χ0) is 11.5. The Labute approximate surface area is 98.9 Å². The van der Waals surface area contributed by atoms with E-state index in [-0.39, 0.29) is 6.04 Å². The van der Waals surface area contributed by atoms with Crippen molar-refractivity contribution in [1.29, 1.82) is 0 Å². The third kappa shape index (κ3) is 2.41. The van der Waals surface area contributed by atoms with Gasteiger partial charge >= 0.3 is 5.97 Å². The first-order chi connectivity index (χ1) is 7.68. The van der Waals surface area contributed by atoms with Crippen molar-refractivity contribution in [2.45, 2.75) is 32.2 Å². The van der Waals surface area contributed by atoms with E-state index in [2.05, 4.69) is 9.88 Å². The maximum atomic E-state index is 11.0. The summed E-state index contributed by atoms with van der Waals surface area (Å²) in [6, 6.07) is -0.270. The molecule has 1 N–H and O–H groups in total. The molecule has 88 valence electrons. The maximum Gasteiger partial charge on any atom is 0.320 e. The molecule has 1 aromatic rings. The van der Waals surface area contributed by atoms with Crippen molar-refractivity contribution in [3.63, 3.8) is 0 Å². The highest BCUT2D eigenvalue weighted by atomic mass is 32.1. The number of hydrogen-bond donors (Lipinski definition) is 1. The van der Waals surface area contributed by atoms with E-state index in [0.29, 0.717) is 0 Å². The molecule has 1 atom stereocenters. The molecule has 5 heteroatoms. The number of aryl methyl sites for hydroxylation is 1. The van der Waals surface area contributed by atoms with E-state index in [1.807, 2.05) is 12.4 Å². The summed E-state index contributed by atoms with van der Waals surface area (Å²) in [5.74, 6) is -0.682. The highest BCUT2D eigenvalue weighted by molar-refractivity contribution is 7.09. The van der Waals surface area contributed by atoms with E-state index in [1.165, 1.54) is 4.88 Å². The molecule has 0 spiro atoms. The number of aliphatic carboxylic acids is 1. The fourth-order valence-electron chi connectivity index (χ4n) is 2.18. The molecule has 1 fully saturated rings. The molecule has 0 saturated carbocycles. The Kier molecular flexibility index (Phi) is 3.56. The lowest BCUT2D eigenvalue weighted by Crippen LogP contribution is -2.37. The standard InChI is InChI=1S/C11H16N2O2S/c1-8-10(16-7-12-8)4-6-13-5-2-3-9(13)11(14)15/h7,9H,2-6H2,1H3,(H,14,15). The van der Waals surface area contributed by atoms with Crippen molar-refractivity contribution in [2.24, 2.45) is 0 Å². The SMILES string of the molecule is Cc1ncsc1CCN1CCCC1C(=O)O. The van der Waals surface area contributed by atoms with Crippen molar-refractivity contribution >= 4 is 17.3 Å². The topological polar surface area (TPSA) is 53.4 Å². The van der Waals surface area contributed by atoms with E-state index in [0.717, 1.165) is 38.0 Å². The third-order valence-corrected chi connectivity index (χ3v) is 4.11. The van der Waals surface area contributed by atoms with Crippen LogP contribution in [0.3, 0.4) is 0 Å². The fraction of sp³-hybridized carbons (Fsp3) is 0.636. The average molecular weight is 240 g/mol. The van der Waals surface area contributed by atoms with Gasteiger partial charge in [-0.05, 0) is 32.7 Å². The Bertz CT molecular complexity index is 378. The quantitative estimate of drug-likeness (QED) is 0.867. The number of nitrogens with zero attached hydrogens (tertiary/aromatic N) is 2. The van der Waals surface area contributed by atoms with Crippen LogP contribution >= 0.6 is 11.3 Å². The van der Waals surface area contributed by atoms with Crippen LogP contribution in [0.1, 0.15) is 23.4 Å². The van der Waals surface area contributed by atoms with Gasteiger partial charge in [-0.2, -0.15) is 0 Å². The number of rotatable bonds is 4. The molecule has 16 heavy (non-hydrogen) atoms. The van der Waals surface area contributed by atoms with Crippen LogP contribution in [-0.2, 0) is 11.2 Å². The van der Waals surface area contributed by atoms with E-state index < -0.39 is 5.97 Å². The molecule has 1 saturated heterocycles. The molecule has 1 aromatic heterocycles. The highest BCUT2D eigenvalue weighted by Gasteiger charge is 2.29. The number of carboxylic acids is 1. The van der Waals surface area contributed by atoms with Gasteiger partial charge in [-0.1, -0.05) is 0 Å². The minimum atomic E-state index is -0.682. The molecule has 0 aromatic carbocycles. The van der Waals surface area contributed by atoms with E-state index >= 15 is 0 Å². The number of carboxylic acid groups (broad SMARTS) is 1. The molecule has 4 nitrogen and oxygen atoms in total. The number of carbonyl (C=O) groups is 1. The molecular formula is C11H16N2O2S. The summed E-state index contributed by atoms with van der Waals surface area (Å²) in [6.45, 7) is 3.75. The van der Waals surface area contributed by atoms with Crippen LogP contribution < -0.4 is 0 Å². The number of hydrogen-bond acceptors (Lipinski definition) is 4. The van der Waals surface area contributed by atoms with Crippen LogP contribution in [0.15, 0.2) is 5.51 Å². The third-order valence-electron chi connectivity index (χ3n) is 3.12. The molecule has 2 rings (SSSR count). The summed E-state index contributed by atoms with van der Waals surface area (Å²) in [6.07, 6.45) is 2.70. The van der Waals surface area contributed by atoms with Gasteiger partial charge < -0.3 is 5.11 Å². The molecule has 0 aliphatic carbocycles. The summed E-state index contributed by atoms with van der Waals surface area (Å²) in [5, 5.41) is 9.04. The van der Waals surface area contributed by atoms with Gasteiger partial charge in [0.2, 0.25) is 0 Å². The van der Waals surface area contributed by atoms with E-state index in [4.69, 9.17) is 5.11 Å². The zero-order valence-electron chi connectivity index (χ0n) is 9.35. The molecule has 1 unspecified atom stereocenters. The van der Waals surface area contributed by atoms with Gasteiger partial charge in [0.05, 0.1) is 11.2 Å². The van der Waals surface area contributed by atoms with Gasteiger partial charge in [-0.3, -0.25) is 9.69 Å². The predicted octanol–water partition coefficient (Wildman–Crippen LogP) is 1.54. The summed E-state index contributed by atoms with van der Waals surface area (Å²) in [5.41, 5.74) is 2.93. The molecule has 0 amide bonds. The van der Waals surface area contributed by atoms with Crippen molar-refractivity contribution in [3.8, 4) is 0 Å². The number of thiazole rings is 1. The molecule has 2 heterocycles. The lowest BCUT2D eigenvalue weighted by Gasteiger charge is -2.20. The first-order valence-corrected chi connectivity index (χ1v) is 6.42. The predicted molar refractivity (Wildman–Crippen MR) is 62.8 cm³/mol. The van der Waals surface area contributed by atoms with Crippen LogP contribution in [0.25, 0.3) is 0 Å². The minimum Gasteiger partial charge on any atom is -0.480 e. The van der Waals surface area contributed by atoms with Gasteiger partial charge in [0.15, 0.2) is 0 Å². The van der Waals surface area contributed by atoms with E-state index in [9.17, 15) is 4.79 Å². The molecule has 1 aliphatic rings. The zero-order valence-corrected chi connectivity index (χ0v) is 10.2. The molecular weight excluding hydrogens is 224 g/mol. The minimum absolute atomic E-state index is 0.270. The first kappa shape index (κ1) is 11.5. The van der Waals surface area contributed by atoms with E-state index in [1.54, 1.807) is 11.3 Å². The normalized spacial score (nSPS) is 21.4. The fourth-order valence-corrected chi connectivity index (χ4v) is 2.96. The Morgan fingerprint density at radius 2 is 2.56 bits per heavy atom. The van der Waals surface area contributed by atoms with Crippen molar-refractivity contribution in [1.82, 2.24) is 9.88 Å². The van der Waals surface area contributed by atoms with Gasteiger partial charge in [0, 0.05) is 11.4 Å². The molecule has 0 bridgehead atoms. The second-order valence-corrected chi connectivity index (χ2v) is 5.08. The average Bonchev–Trinajstić information content (AvgIpc) is 2.83. The van der Waals surface area contributed by atoms with Gasteiger partial charge in [0.25, 0.3) is 0 Å². The van der Waals surface area contributed by atoms with Gasteiger partial charge in [-0.25, -0.2) is 4.98 Å². The summed E-state index contributed by atoms with van der Waals surface area (Å²) >= 11 is 1.66. The smallest absolute Gasteiger partial charge is 0.320 e. The number of aromatic nitrogens is 1. The van der Waals surface area contributed by atoms with Crippen LogP contribution in [0.5, 0.6) is 0 Å². The lowest BCUT2D eigenvalue weighted by molar-refractivity contribution is -0.142. The van der Waals surface area contributed by atoms with Crippen LogP contribution in [0.4, 0.5) is 0 Å². The Hall–Kier alpha value is -0.940. The largest absolute Gasteiger partial charge is 0.480 e. The number of likely N-dealkylation sites (tertiary alicyclic amines) is 1. The van der Waals surface area contributed by atoms with Gasteiger partial charge in [0.1, 0.15) is 6.04 Å². The maximum absolute atomic E-state index is 11.0. The van der Waals surface area contributed by atoms with Crippen molar-refractivity contribution in [2.75, 3.05) is 13.1 Å². The second kappa shape index (κ2) is 4.93. The van der Waals surface area contributed by atoms with Crippen molar-refractivity contribution in [3.05, 3.63) is 16.1 Å². The van der Waals surface area contributed by atoms with Crippen molar-refractivity contribution < 1.29 is 9.90 Å². The first-order valence-electron chi connectivity index (χ1n) is 5.54. The van der Waals surface area contributed by atoms with Gasteiger partial charge in [-0.15, -0.1) is 11.3 Å². The monoisotopic (exact) mass is 240 g/mol. The van der Waals surface area contributed by atoms with Crippen LogP contribution in [0, 0.1) is 6.92 Å². The summed E-state index contributed by atoms with van der Waals surface area (Å²) in [4.78, 5) is 18.5. The summed E-state index contributed by atoms with van der Waals surface area (Å²) < 4.78 is 0. The summed E-state index contributed by atoms with van der Waals surface area (Å²) in [7, 11) is 0. The highest BCUT2D eigenvalue weighted by Crippen LogP contribution is 2.19. The Morgan fingerprint density at radius 1 is 1.75 bits per heavy atom. The lowest BCUT2D eigenvalue weighted by atomic mass is 10.2. The molecule has 1 aliphatic heterocycles. The molecule has 0 radical (unpaired) electrons. The Balaban J connectivity index is 1.90.